The summed E-state index contributed by atoms with van der Waals surface area (Å²) in [4.78, 5) is 15.7. The molecule has 2 rings (SSSR count). The van der Waals surface area contributed by atoms with Gasteiger partial charge in [0.15, 0.2) is 0 Å². The molecule has 0 unspecified atom stereocenters. The lowest BCUT2D eigenvalue weighted by Crippen LogP contribution is -2.19. The minimum absolute atomic E-state index is 0.122. The quantitative estimate of drug-likeness (QED) is 0.910. The average Bonchev–Trinajstić information content (AvgIpc) is 2.40. The van der Waals surface area contributed by atoms with Gasteiger partial charge >= 0.3 is 6.18 Å². The van der Waals surface area contributed by atoms with Gasteiger partial charge in [0.2, 0.25) is 0 Å². The van der Waals surface area contributed by atoms with E-state index >= 15 is 0 Å². The minimum Gasteiger partial charge on any atom is -0.307 e. The Labute approximate surface area is 117 Å². The highest BCUT2D eigenvalue weighted by atomic mass is 35.5. The zero-order chi connectivity index (χ0) is 14.8. The molecule has 0 aliphatic rings. The summed E-state index contributed by atoms with van der Waals surface area (Å²) < 4.78 is 38.4. The van der Waals surface area contributed by atoms with E-state index in [-0.39, 0.29) is 5.82 Å². The van der Waals surface area contributed by atoms with Gasteiger partial charge in [-0.2, -0.15) is 13.2 Å². The van der Waals surface area contributed by atoms with Gasteiger partial charge in [-0.25, -0.2) is 4.98 Å². The normalized spacial score (nSPS) is 11.2. The molecule has 20 heavy (non-hydrogen) atoms. The molecule has 1 N–H and O–H groups in total. The van der Waals surface area contributed by atoms with Crippen molar-refractivity contribution >= 4 is 23.3 Å². The fourth-order valence-electron chi connectivity index (χ4n) is 1.56. The highest BCUT2D eigenvalue weighted by molar-refractivity contribution is 6.30. The van der Waals surface area contributed by atoms with E-state index in [9.17, 15) is 18.0 Å². The number of benzene rings is 1. The topological polar surface area (TPSA) is 42.0 Å². The van der Waals surface area contributed by atoms with Crippen molar-refractivity contribution in [2.45, 2.75) is 6.18 Å². The standard InChI is InChI=1S/C13H8ClF3N2O/c14-8-5-6-11(18-7-8)19-12(20)9-3-1-2-4-10(9)13(15,16)17/h1-7H,(H,18,19,20). The van der Waals surface area contributed by atoms with E-state index in [2.05, 4.69) is 10.3 Å². The number of amides is 1. The molecule has 1 heterocycles. The van der Waals surface area contributed by atoms with Gasteiger partial charge in [-0.3, -0.25) is 4.79 Å². The molecule has 2 aromatic rings. The Hall–Kier alpha value is -2.08. The number of carbonyl (C=O) groups excluding carboxylic acids is 1. The molecule has 0 fully saturated rings. The summed E-state index contributed by atoms with van der Waals surface area (Å²) in [6.45, 7) is 0. The number of anilines is 1. The van der Waals surface area contributed by atoms with Crippen LogP contribution in [-0.2, 0) is 6.18 Å². The molecule has 0 atom stereocenters. The summed E-state index contributed by atoms with van der Waals surface area (Å²) >= 11 is 5.63. The smallest absolute Gasteiger partial charge is 0.307 e. The Morgan fingerprint density at radius 2 is 1.85 bits per heavy atom. The maximum atomic E-state index is 12.8. The first-order valence-electron chi connectivity index (χ1n) is 5.47. The predicted molar refractivity (Wildman–Crippen MR) is 68.6 cm³/mol. The number of carbonyl (C=O) groups is 1. The van der Waals surface area contributed by atoms with Gasteiger partial charge in [0.1, 0.15) is 5.82 Å². The second-order valence-electron chi connectivity index (χ2n) is 3.86. The molecule has 0 spiro atoms. The van der Waals surface area contributed by atoms with Crippen molar-refractivity contribution in [3.63, 3.8) is 0 Å². The van der Waals surface area contributed by atoms with Crippen LogP contribution in [0.5, 0.6) is 0 Å². The molecule has 0 aliphatic heterocycles. The van der Waals surface area contributed by atoms with Crippen LogP contribution in [0.3, 0.4) is 0 Å². The molecule has 0 saturated carbocycles. The number of nitrogens with one attached hydrogen (secondary N) is 1. The van der Waals surface area contributed by atoms with Crippen molar-refractivity contribution in [3.05, 3.63) is 58.7 Å². The number of halogens is 4. The molecule has 1 aromatic heterocycles. The Morgan fingerprint density at radius 1 is 1.15 bits per heavy atom. The highest BCUT2D eigenvalue weighted by Crippen LogP contribution is 2.32. The third-order valence-electron chi connectivity index (χ3n) is 2.45. The average molecular weight is 301 g/mol. The molecule has 0 aliphatic carbocycles. The minimum atomic E-state index is -4.60. The third-order valence-corrected chi connectivity index (χ3v) is 2.67. The maximum absolute atomic E-state index is 12.8. The van der Waals surface area contributed by atoms with E-state index in [4.69, 9.17) is 11.6 Å². The van der Waals surface area contributed by atoms with Crippen LogP contribution in [0.25, 0.3) is 0 Å². The lowest BCUT2D eigenvalue weighted by Gasteiger charge is -2.12. The van der Waals surface area contributed by atoms with Gasteiger partial charge in [0.05, 0.1) is 16.1 Å². The second kappa shape index (κ2) is 5.50. The number of aromatic nitrogens is 1. The first kappa shape index (κ1) is 14.3. The van der Waals surface area contributed by atoms with Crippen LogP contribution < -0.4 is 5.32 Å². The van der Waals surface area contributed by atoms with Gasteiger partial charge in [-0.1, -0.05) is 23.7 Å². The zero-order valence-corrected chi connectivity index (χ0v) is 10.7. The molecule has 1 aromatic carbocycles. The van der Waals surface area contributed by atoms with Crippen LogP contribution in [0.15, 0.2) is 42.6 Å². The summed E-state index contributed by atoms with van der Waals surface area (Å²) in [6, 6.07) is 7.41. The van der Waals surface area contributed by atoms with E-state index in [1.807, 2.05) is 0 Å². The number of alkyl halides is 3. The zero-order valence-electron chi connectivity index (χ0n) is 9.91. The van der Waals surface area contributed by atoms with E-state index in [1.54, 1.807) is 0 Å². The fraction of sp³-hybridized carbons (Fsp3) is 0.0769. The molecule has 3 nitrogen and oxygen atoms in total. The Morgan fingerprint density at radius 3 is 2.45 bits per heavy atom. The summed E-state index contributed by atoms with van der Waals surface area (Å²) in [6.07, 6.45) is -3.31. The number of hydrogen-bond acceptors (Lipinski definition) is 2. The molecule has 1 amide bonds. The largest absolute Gasteiger partial charge is 0.417 e. The number of rotatable bonds is 2. The Kier molecular flexibility index (Phi) is 3.94. The first-order valence-corrected chi connectivity index (χ1v) is 5.85. The van der Waals surface area contributed by atoms with Crippen LogP contribution in [0, 0.1) is 0 Å². The fourth-order valence-corrected chi connectivity index (χ4v) is 1.67. The van der Waals surface area contributed by atoms with Crippen LogP contribution in [0.1, 0.15) is 15.9 Å². The van der Waals surface area contributed by atoms with Crippen molar-refractivity contribution in [2.24, 2.45) is 0 Å². The molecule has 104 valence electrons. The van der Waals surface area contributed by atoms with Crippen molar-refractivity contribution in [2.75, 3.05) is 5.32 Å². The maximum Gasteiger partial charge on any atom is 0.417 e. The molecule has 0 radical (unpaired) electrons. The van der Waals surface area contributed by atoms with Gasteiger partial charge in [0.25, 0.3) is 5.91 Å². The van der Waals surface area contributed by atoms with Gasteiger partial charge in [0, 0.05) is 6.20 Å². The van der Waals surface area contributed by atoms with Crippen molar-refractivity contribution in [1.82, 2.24) is 4.98 Å². The molecule has 0 saturated heterocycles. The van der Waals surface area contributed by atoms with E-state index in [0.29, 0.717) is 5.02 Å². The highest BCUT2D eigenvalue weighted by Gasteiger charge is 2.34. The number of pyridine rings is 1. The molecular formula is C13H8ClF3N2O. The van der Waals surface area contributed by atoms with E-state index in [1.165, 1.54) is 30.5 Å². The van der Waals surface area contributed by atoms with Gasteiger partial charge in [-0.15, -0.1) is 0 Å². The summed E-state index contributed by atoms with van der Waals surface area (Å²) in [5.41, 5.74) is -1.46. The second-order valence-corrected chi connectivity index (χ2v) is 4.30. The number of nitrogens with zero attached hydrogens (tertiary/aromatic N) is 1. The Bertz CT molecular complexity index is 626. The van der Waals surface area contributed by atoms with Gasteiger partial charge < -0.3 is 5.32 Å². The first-order chi connectivity index (χ1) is 9.38. The van der Waals surface area contributed by atoms with Crippen LogP contribution >= 0.6 is 11.6 Å². The van der Waals surface area contributed by atoms with Crippen molar-refractivity contribution < 1.29 is 18.0 Å². The van der Waals surface area contributed by atoms with E-state index < -0.39 is 23.2 Å². The predicted octanol–water partition coefficient (Wildman–Crippen LogP) is 4.01. The lowest BCUT2D eigenvalue weighted by molar-refractivity contribution is -0.137. The van der Waals surface area contributed by atoms with Crippen molar-refractivity contribution in [1.29, 1.82) is 0 Å². The summed E-state index contributed by atoms with van der Waals surface area (Å²) in [5, 5.41) is 2.65. The molecule has 0 bridgehead atoms. The SMILES string of the molecule is O=C(Nc1ccc(Cl)cn1)c1ccccc1C(F)(F)F. The third kappa shape index (κ3) is 3.27. The van der Waals surface area contributed by atoms with Crippen LogP contribution in [0.2, 0.25) is 5.02 Å². The van der Waals surface area contributed by atoms with Gasteiger partial charge in [-0.05, 0) is 24.3 Å². The van der Waals surface area contributed by atoms with Crippen molar-refractivity contribution in [3.8, 4) is 0 Å². The number of hydrogen-bond donors (Lipinski definition) is 1. The van der Waals surface area contributed by atoms with Crippen LogP contribution in [-0.4, -0.2) is 10.9 Å². The van der Waals surface area contributed by atoms with E-state index in [0.717, 1.165) is 12.1 Å². The Balaban J connectivity index is 2.28. The monoisotopic (exact) mass is 300 g/mol. The summed E-state index contributed by atoms with van der Waals surface area (Å²) in [7, 11) is 0. The van der Waals surface area contributed by atoms with Crippen LogP contribution in [0.4, 0.5) is 19.0 Å². The molecule has 7 heteroatoms. The molecular weight excluding hydrogens is 293 g/mol. The summed E-state index contributed by atoms with van der Waals surface area (Å²) in [5.74, 6) is -0.760. The lowest BCUT2D eigenvalue weighted by atomic mass is 10.1.